The Morgan fingerprint density at radius 2 is 1.82 bits per heavy atom. The van der Waals surface area contributed by atoms with Crippen molar-refractivity contribution in [3.63, 3.8) is 0 Å². The fourth-order valence-corrected chi connectivity index (χ4v) is 1.19. The molecule has 1 unspecified atom stereocenters. The molecule has 0 saturated carbocycles. The summed E-state index contributed by atoms with van der Waals surface area (Å²) in [6, 6.07) is 6.57. The molecule has 0 radical (unpaired) electrons. The molecule has 5 heteroatoms. The van der Waals surface area contributed by atoms with Crippen LogP contribution in [0.4, 0.5) is 0 Å². The van der Waals surface area contributed by atoms with Crippen molar-refractivity contribution in [3.05, 3.63) is 29.3 Å². The second-order valence-corrected chi connectivity index (χ2v) is 4.96. The Balaban J connectivity index is 2.57. The molecule has 1 atom stereocenters. The molecule has 0 saturated heterocycles. The van der Waals surface area contributed by atoms with Crippen molar-refractivity contribution in [1.29, 1.82) is 0 Å². The van der Waals surface area contributed by atoms with E-state index in [4.69, 9.17) is 26.8 Å². The number of carbonyl (C=O) groups is 1. The van der Waals surface area contributed by atoms with Crippen molar-refractivity contribution in [2.24, 2.45) is 5.73 Å². The second-order valence-electron chi connectivity index (χ2n) is 4.53. The second kappa shape index (κ2) is 5.38. The normalized spacial score (nSPS) is 13.0. The number of halogens is 1. The molecule has 1 aromatic rings. The van der Waals surface area contributed by atoms with Crippen LogP contribution in [0.25, 0.3) is 0 Å². The first kappa shape index (κ1) is 13.8. The number of hydrogen-bond acceptors (Lipinski definition) is 4. The van der Waals surface area contributed by atoms with Crippen LogP contribution in [0.15, 0.2) is 24.3 Å². The van der Waals surface area contributed by atoms with Crippen LogP contribution in [0, 0.1) is 0 Å². The van der Waals surface area contributed by atoms with Gasteiger partial charge in [-0.25, -0.2) is 4.79 Å². The van der Waals surface area contributed by atoms with E-state index in [-0.39, 0.29) is 0 Å². The molecule has 1 rings (SSSR count). The van der Waals surface area contributed by atoms with Gasteiger partial charge in [0.2, 0.25) is 6.23 Å². The van der Waals surface area contributed by atoms with Gasteiger partial charge in [0, 0.05) is 5.02 Å². The van der Waals surface area contributed by atoms with Crippen LogP contribution in [0.1, 0.15) is 20.8 Å². The van der Waals surface area contributed by atoms with Crippen LogP contribution in [-0.4, -0.2) is 17.8 Å². The first-order chi connectivity index (χ1) is 7.78. The summed E-state index contributed by atoms with van der Waals surface area (Å²) in [4.78, 5) is 11.5. The highest BCUT2D eigenvalue weighted by Crippen LogP contribution is 2.17. The zero-order valence-corrected chi connectivity index (χ0v) is 10.8. The van der Waals surface area contributed by atoms with Crippen LogP contribution < -0.4 is 10.5 Å². The zero-order valence-electron chi connectivity index (χ0n) is 10.1. The maximum Gasteiger partial charge on any atom is 0.363 e. The Bertz CT molecular complexity index is 384. The topological polar surface area (TPSA) is 61.5 Å². The number of nitrogens with two attached hydrogens (primary N) is 1. The van der Waals surface area contributed by atoms with E-state index in [0.717, 1.165) is 0 Å². The van der Waals surface area contributed by atoms with Crippen LogP contribution in [0.2, 0.25) is 5.02 Å². The van der Waals surface area contributed by atoms with Gasteiger partial charge >= 0.3 is 5.97 Å². The molecule has 17 heavy (non-hydrogen) atoms. The van der Waals surface area contributed by atoms with Crippen molar-refractivity contribution in [2.75, 3.05) is 0 Å². The molecule has 0 heterocycles. The van der Waals surface area contributed by atoms with E-state index in [0.29, 0.717) is 10.8 Å². The summed E-state index contributed by atoms with van der Waals surface area (Å²) < 4.78 is 10.3. The molecule has 0 aliphatic rings. The van der Waals surface area contributed by atoms with Gasteiger partial charge in [0.25, 0.3) is 0 Å². The Labute approximate surface area is 106 Å². The van der Waals surface area contributed by atoms with Crippen molar-refractivity contribution in [3.8, 4) is 5.75 Å². The Morgan fingerprint density at radius 3 is 2.29 bits per heavy atom. The average Bonchev–Trinajstić information content (AvgIpc) is 2.19. The molecule has 0 spiro atoms. The standard InChI is InChI=1S/C12H16ClNO3/c1-12(2,3)17-11(15)10(14)16-9-6-4-8(13)5-7-9/h4-7,10H,14H2,1-3H3. The first-order valence-electron chi connectivity index (χ1n) is 5.18. The molecule has 0 bridgehead atoms. The SMILES string of the molecule is CC(C)(C)OC(=O)C(N)Oc1ccc(Cl)cc1. The van der Waals surface area contributed by atoms with Crippen molar-refractivity contribution < 1.29 is 14.3 Å². The van der Waals surface area contributed by atoms with Gasteiger partial charge in [-0.1, -0.05) is 11.6 Å². The summed E-state index contributed by atoms with van der Waals surface area (Å²) in [7, 11) is 0. The molecule has 4 nitrogen and oxygen atoms in total. The lowest BCUT2D eigenvalue weighted by molar-refractivity contribution is -0.163. The molecule has 0 amide bonds. The van der Waals surface area contributed by atoms with Gasteiger partial charge in [-0.05, 0) is 45.0 Å². The van der Waals surface area contributed by atoms with Gasteiger partial charge in [-0.15, -0.1) is 0 Å². The van der Waals surface area contributed by atoms with E-state index in [1.54, 1.807) is 45.0 Å². The summed E-state index contributed by atoms with van der Waals surface area (Å²) in [5.74, 6) is -0.139. The van der Waals surface area contributed by atoms with Crippen molar-refractivity contribution >= 4 is 17.6 Å². The Morgan fingerprint density at radius 1 is 1.29 bits per heavy atom. The Hall–Kier alpha value is -1.26. The van der Waals surface area contributed by atoms with Crippen molar-refractivity contribution in [2.45, 2.75) is 32.6 Å². The zero-order chi connectivity index (χ0) is 13.1. The third-order valence-corrected chi connectivity index (χ3v) is 1.97. The Kier molecular flexibility index (Phi) is 4.37. The van der Waals surface area contributed by atoms with E-state index in [2.05, 4.69) is 0 Å². The lowest BCUT2D eigenvalue weighted by Gasteiger charge is -2.22. The molecular formula is C12H16ClNO3. The highest BCUT2D eigenvalue weighted by Gasteiger charge is 2.23. The van der Waals surface area contributed by atoms with Gasteiger partial charge < -0.3 is 9.47 Å². The third kappa shape index (κ3) is 5.06. The third-order valence-electron chi connectivity index (χ3n) is 1.72. The fraction of sp³-hybridized carbons (Fsp3) is 0.417. The van der Waals surface area contributed by atoms with Crippen molar-refractivity contribution in [1.82, 2.24) is 0 Å². The predicted molar refractivity (Wildman–Crippen MR) is 65.9 cm³/mol. The monoisotopic (exact) mass is 257 g/mol. The number of hydrogen-bond donors (Lipinski definition) is 1. The van der Waals surface area contributed by atoms with Crippen LogP contribution in [-0.2, 0) is 9.53 Å². The molecule has 0 fully saturated rings. The summed E-state index contributed by atoms with van der Waals surface area (Å²) in [6.45, 7) is 5.29. The molecule has 94 valence electrons. The number of rotatable bonds is 3. The van der Waals surface area contributed by atoms with Gasteiger partial charge in [-0.3, -0.25) is 5.73 Å². The van der Waals surface area contributed by atoms with E-state index in [1.165, 1.54) is 0 Å². The lowest BCUT2D eigenvalue weighted by Crippen LogP contribution is -2.41. The van der Waals surface area contributed by atoms with Gasteiger partial charge in [0.1, 0.15) is 11.4 Å². The quantitative estimate of drug-likeness (QED) is 0.667. The van der Waals surface area contributed by atoms with E-state index >= 15 is 0 Å². The fourth-order valence-electron chi connectivity index (χ4n) is 1.07. The van der Waals surface area contributed by atoms with Gasteiger partial charge in [0.15, 0.2) is 0 Å². The summed E-state index contributed by atoms with van der Waals surface area (Å²) in [5, 5.41) is 0.586. The number of ether oxygens (including phenoxy) is 2. The summed E-state index contributed by atoms with van der Waals surface area (Å²) >= 11 is 5.72. The highest BCUT2D eigenvalue weighted by molar-refractivity contribution is 6.30. The predicted octanol–water partition coefficient (Wildman–Crippen LogP) is 2.35. The highest BCUT2D eigenvalue weighted by atomic mass is 35.5. The number of esters is 1. The van der Waals surface area contributed by atoms with Crippen LogP contribution >= 0.6 is 11.6 Å². The maximum absolute atomic E-state index is 11.5. The van der Waals surface area contributed by atoms with Gasteiger partial charge in [0.05, 0.1) is 0 Å². The molecule has 1 aromatic carbocycles. The smallest absolute Gasteiger partial charge is 0.363 e. The first-order valence-corrected chi connectivity index (χ1v) is 5.56. The minimum Gasteiger partial charge on any atom is -0.464 e. The summed E-state index contributed by atoms with van der Waals surface area (Å²) in [5.41, 5.74) is 4.98. The molecule has 0 aliphatic carbocycles. The van der Waals surface area contributed by atoms with E-state index in [9.17, 15) is 4.79 Å². The molecule has 0 aromatic heterocycles. The average molecular weight is 258 g/mol. The minimum atomic E-state index is -1.14. The molecule has 2 N–H and O–H groups in total. The maximum atomic E-state index is 11.5. The number of carbonyl (C=O) groups excluding carboxylic acids is 1. The molecular weight excluding hydrogens is 242 g/mol. The summed E-state index contributed by atoms with van der Waals surface area (Å²) in [6.07, 6.45) is -1.14. The minimum absolute atomic E-state index is 0.466. The van der Waals surface area contributed by atoms with E-state index in [1.807, 2.05) is 0 Å². The van der Waals surface area contributed by atoms with Crippen LogP contribution in [0.3, 0.4) is 0 Å². The van der Waals surface area contributed by atoms with Crippen LogP contribution in [0.5, 0.6) is 5.75 Å². The largest absolute Gasteiger partial charge is 0.464 e. The van der Waals surface area contributed by atoms with Gasteiger partial charge in [-0.2, -0.15) is 0 Å². The number of benzene rings is 1. The van der Waals surface area contributed by atoms with E-state index < -0.39 is 17.8 Å². The molecule has 0 aliphatic heterocycles. The lowest BCUT2D eigenvalue weighted by atomic mass is 10.2.